The van der Waals surface area contributed by atoms with Gasteiger partial charge in [-0.2, -0.15) is 12.6 Å². The van der Waals surface area contributed by atoms with Crippen molar-refractivity contribution < 1.29 is 9.50 Å². The maximum Gasteiger partial charge on any atom is 0.166 e. The highest BCUT2D eigenvalue weighted by Crippen LogP contribution is 2.15. The van der Waals surface area contributed by atoms with E-state index in [1.165, 1.54) is 12.1 Å². The van der Waals surface area contributed by atoms with Crippen molar-refractivity contribution in [2.24, 2.45) is 0 Å². The Morgan fingerprint density at radius 1 is 1.46 bits per heavy atom. The van der Waals surface area contributed by atoms with Crippen molar-refractivity contribution in [1.82, 2.24) is 0 Å². The van der Waals surface area contributed by atoms with Crippen LogP contribution >= 0.6 is 12.6 Å². The maximum absolute atomic E-state index is 12.8. The fourth-order valence-electron chi connectivity index (χ4n) is 0.805. The van der Waals surface area contributed by atoms with E-state index in [-0.39, 0.29) is 5.75 Å². The van der Waals surface area contributed by atoms with Crippen molar-refractivity contribution in [2.75, 3.05) is 5.75 Å². The lowest BCUT2D eigenvalue weighted by molar-refractivity contribution is 0.432. The Bertz CT molecular complexity index is 352. The number of thiol groups is 1. The molecule has 0 atom stereocenters. The number of hydrogen-bond acceptors (Lipinski definition) is 2. The molecular weight excluding hydrogens is 187 g/mol. The molecule has 3 heteroatoms. The summed E-state index contributed by atoms with van der Waals surface area (Å²) in [6.45, 7) is 0. The van der Waals surface area contributed by atoms with E-state index >= 15 is 0 Å². The lowest BCUT2D eigenvalue weighted by Crippen LogP contribution is -1.79. The molecule has 0 aliphatic carbocycles. The maximum atomic E-state index is 12.8. The van der Waals surface area contributed by atoms with E-state index in [1.807, 2.05) is 0 Å². The molecular formula is C10H9FOS. The van der Waals surface area contributed by atoms with Crippen LogP contribution in [0.5, 0.6) is 5.75 Å². The summed E-state index contributed by atoms with van der Waals surface area (Å²) >= 11 is 3.99. The second kappa shape index (κ2) is 4.78. The molecule has 0 radical (unpaired) electrons. The Morgan fingerprint density at radius 3 is 2.85 bits per heavy atom. The highest BCUT2D eigenvalue weighted by atomic mass is 32.1. The fourth-order valence-corrected chi connectivity index (χ4v) is 0.917. The predicted molar refractivity (Wildman–Crippen MR) is 53.4 cm³/mol. The first kappa shape index (κ1) is 9.94. The zero-order valence-corrected chi connectivity index (χ0v) is 7.81. The molecule has 0 saturated heterocycles. The number of benzene rings is 1. The molecule has 0 unspecified atom stereocenters. The molecule has 0 spiro atoms. The molecule has 1 rings (SSSR count). The van der Waals surface area contributed by atoms with Crippen LogP contribution in [0.2, 0.25) is 0 Å². The summed E-state index contributed by atoms with van der Waals surface area (Å²) in [5.74, 6) is 5.29. The van der Waals surface area contributed by atoms with E-state index in [0.29, 0.717) is 17.7 Å². The minimum atomic E-state index is -0.641. The number of halogens is 1. The van der Waals surface area contributed by atoms with Gasteiger partial charge in [-0.15, -0.1) is 0 Å². The summed E-state index contributed by atoms with van der Waals surface area (Å²) in [5, 5.41) is 8.88. The van der Waals surface area contributed by atoms with Crippen LogP contribution in [0.1, 0.15) is 12.0 Å². The third-order valence-corrected chi connectivity index (χ3v) is 1.64. The quantitative estimate of drug-likeness (QED) is 0.521. The Hall–Kier alpha value is -1.14. The normalized spacial score (nSPS) is 9.08. The summed E-state index contributed by atoms with van der Waals surface area (Å²) in [5.41, 5.74) is 0.567. The van der Waals surface area contributed by atoms with Crippen molar-refractivity contribution in [1.29, 1.82) is 0 Å². The van der Waals surface area contributed by atoms with Gasteiger partial charge in [-0.1, -0.05) is 11.8 Å². The van der Waals surface area contributed by atoms with E-state index < -0.39 is 5.82 Å². The van der Waals surface area contributed by atoms with Gasteiger partial charge in [-0.25, -0.2) is 4.39 Å². The standard InChI is InChI=1S/C10H9FOS/c11-9-7-8(3-1-2-6-13)4-5-10(9)12/h4-5,7,12-13H,2,6H2. The van der Waals surface area contributed by atoms with Crippen LogP contribution in [0.3, 0.4) is 0 Å². The Balaban J connectivity index is 2.81. The molecule has 0 fully saturated rings. The van der Waals surface area contributed by atoms with Crippen LogP contribution in [-0.2, 0) is 0 Å². The minimum Gasteiger partial charge on any atom is -0.505 e. The highest BCUT2D eigenvalue weighted by molar-refractivity contribution is 7.80. The minimum absolute atomic E-state index is 0.347. The number of rotatable bonds is 1. The summed E-state index contributed by atoms with van der Waals surface area (Å²) in [6.07, 6.45) is 0.672. The monoisotopic (exact) mass is 196 g/mol. The third kappa shape index (κ3) is 3.00. The number of aromatic hydroxyl groups is 1. The van der Waals surface area contributed by atoms with Gasteiger partial charge in [0.25, 0.3) is 0 Å². The topological polar surface area (TPSA) is 20.2 Å². The Kier molecular flexibility index (Phi) is 3.66. The number of hydrogen-bond donors (Lipinski definition) is 2. The van der Waals surface area contributed by atoms with E-state index in [0.717, 1.165) is 0 Å². The molecule has 0 amide bonds. The largest absolute Gasteiger partial charge is 0.505 e. The zero-order valence-electron chi connectivity index (χ0n) is 6.92. The third-order valence-electron chi connectivity index (χ3n) is 1.42. The van der Waals surface area contributed by atoms with Gasteiger partial charge in [-0.05, 0) is 18.2 Å². The Morgan fingerprint density at radius 2 is 2.23 bits per heavy atom. The molecule has 1 nitrogen and oxygen atoms in total. The van der Waals surface area contributed by atoms with Gasteiger partial charge in [0.05, 0.1) is 0 Å². The molecule has 13 heavy (non-hydrogen) atoms. The number of phenolic OH excluding ortho intramolecular Hbond substituents is 1. The van der Waals surface area contributed by atoms with Gasteiger partial charge in [0.15, 0.2) is 11.6 Å². The first-order valence-electron chi connectivity index (χ1n) is 3.82. The molecule has 0 saturated carbocycles. The van der Waals surface area contributed by atoms with Crippen LogP contribution < -0.4 is 0 Å². The second-order valence-corrected chi connectivity index (χ2v) is 2.89. The van der Waals surface area contributed by atoms with Crippen molar-refractivity contribution in [2.45, 2.75) is 6.42 Å². The van der Waals surface area contributed by atoms with Crippen molar-refractivity contribution >= 4 is 12.6 Å². The average molecular weight is 196 g/mol. The molecule has 1 aromatic carbocycles. The zero-order chi connectivity index (χ0) is 9.68. The van der Waals surface area contributed by atoms with Gasteiger partial charge < -0.3 is 5.11 Å². The molecule has 68 valence electrons. The van der Waals surface area contributed by atoms with Crippen molar-refractivity contribution in [3.63, 3.8) is 0 Å². The van der Waals surface area contributed by atoms with Gasteiger partial charge in [0, 0.05) is 17.7 Å². The van der Waals surface area contributed by atoms with E-state index in [2.05, 4.69) is 24.5 Å². The van der Waals surface area contributed by atoms with E-state index in [1.54, 1.807) is 6.07 Å². The average Bonchev–Trinajstić information content (AvgIpc) is 2.12. The summed E-state index contributed by atoms with van der Waals surface area (Å²) in [4.78, 5) is 0. The van der Waals surface area contributed by atoms with E-state index in [9.17, 15) is 4.39 Å². The molecule has 0 heterocycles. The number of phenols is 1. The van der Waals surface area contributed by atoms with Crippen molar-refractivity contribution in [3.8, 4) is 17.6 Å². The molecule has 1 N–H and O–H groups in total. The summed E-state index contributed by atoms with van der Waals surface area (Å²) in [6, 6.07) is 4.07. The summed E-state index contributed by atoms with van der Waals surface area (Å²) in [7, 11) is 0. The molecule has 1 aromatic rings. The van der Waals surface area contributed by atoms with E-state index in [4.69, 9.17) is 5.11 Å². The van der Waals surface area contributed by atoms with Crippen LogP contribution in [0, 0.1) is 17.7 Å². The first-order chi connectivity index (χ1) is 6.24. The molecule has 0 bridgehead atoms. The van der Waals surface area contributed by atoms with Crippen molar-refractivity contribution in [3.05, 3.63) is 29.6 Å². The molecule has 0 aromatic heterocycles. The first-order valence-corrected chi connectivity index (χ1v) is 4.45. The fraction of sp³-hybridized carbons (Fsp3) is 0.200. The second-order valence-electron chi connectivity index (χ2n) is 2.44. The predicted octanol–water partition coefficient (Wildman–Crippen LogP) is 2.20. The van der Waals surface area contributed by atoms with Gasteiger partial charge in [0.1, 0.15) is 0 Å². The van der Waals surface area contributed by atoms with Crippen LogP contribution in [0.15, 0.2) is 18.2 Å². The Labute approximate surface area is 82.0 Å². The van der Waals surface area contributed by atoms with Gasteiger partial charge >= 0.3 is 0 Å². The van der Waals surface area contributed by atoms with Gasteiger partial charge in [0.2, 0.25) is 0 Å². The lowest BCUT2D eigenvalue weighted by Gasteiger charge is -1.94. The van der Waals surface area contributed by atoms with Crippen LogP contribution in [0.4, 0.5) is 4.39 Å². The van der Waals surface area contributed by atoms with Crippen LogP contribution in [-0.4, -0.2) is 10.9 Å². The SMILES string of the molecule is Oc1ccc(C#CCCS)cc1F. The molecule has 0 aliphatic rings. The highest BCUT2D eigenvalue weighted by Gasteiger charge is 1.98. The van der Waals surface area contributed by atoms with Gasteiger partial charge in [-0.3, -0.25) is 0 Å². The smallest absolute Gasteiger partial charge is 0.166 e. The lowest BCUT2D eigenvalue weighted by atomic mass is 10.2. The van der Waals surface area contributed by atoms with Crippen LogP contribution in [0.25, 0.3) is 0 Å². The molecule has 0 aliphatic heterocycles. The summed E-state index contributed by atoms with van der Waals surface area (Å²) < 4.78 is 12.8.